The summed E-state index contributed by atoms with van der Waals surface area (Å²) in [6, 6.07) is 2.94. The van der Waals surface area contributed by atoms with Crippen molar-refractivity contribution in [3.63, 3.8) is 0 Å². The second kappa shape index (κ2) is 5.50. The van der Waals surface area contributed by atoms with Gasteiger partial charge in [-0.1, -0.05) is 30.1 Å². The average Bonchev–Trinajstić information content (AvgIpc) is 2.82. The Bertz CT molecular complexity index is 601. The number of nitrogens with two attached hydrogens (primary N) is 1. The first kappa shape index (κ1) is 13.7. The monoisotopic (exact) mass is 298 g/mol. The minimum absolute atomic E-state index is 0.248. The number of hydrogen-bond donors (Lipinski definition) is 3. The molecular formula is C12H12Cl2N4O. The van der Waals surface area contributed by atoms with Crippen LogP contribution in [0, 0.1) is 0 Å². The van der Waals surface area contributed by atoms with Crippen molar-refractivity contribution in [2.75, 3.05) is 11.1 Å². The minimum atomic E-state index is -0.331. The molecule has 0 spiro atoms. The van der Waals surface area contributed by atoms with E-state index in [0.29, 0.717) is 11.4 Å². The predicted molar refractivity (Wildman–Crippen MR) is 76.8 cm³/mol. The van der Waals surface area contributed by atoms with Gasteiger partial charge in [0.1, 0.15) is 5.82 Å². The maximum Gasteiger partial charge on any atom is 0.256 e. The van der Waals surface area contributed by atoms with Gasteiger partial charge in [-0.2, -0.15) is 5.10 Å². The van der Waals surface area contributed by atoms with Gasteiger partial charge in [-0.25, -0.2) is 0 Å². The topological polar surface area (TPSA) is 83.8 Å². The Hall–Kier alpha value is -1.72. The van der Waals surface area contributed by atoms with Crippen LogP contribution in [0.4, 0.5) is 11.5 Å². The first-order valence-corrected chi connectivity index (χ1v) is 6.36. The molecule has 1 heterocycles. The highest BCUT2D eigenvalue weighted by molar-refractivity contribution is 6.39. The van der Waals surface area contributed by atoms with E-state index in [1.165, 1.54) is 12.1 Å². The molecule has 0 atom stereocenters. The van der Waals surface area contributed by atoms with E-state index in [2.05, 4.69) is 15.5 Å². The maximum absolute atomic E-state index is 12.1. The molecule has 0 fully saturated rings. The lowest BCUT2D eigenvalue weighted by Gasteiger charge is -2.07. The maximum atomic E-state index is 12.1. The van der Waals surface area contributed by atoms with E-state index in [1.54, 1.807) is 6.20 Å². The second-order valence-electron chi connectivity index (χ2n) is 3.93. The number of rotatable bonds is 3. The van der Waals surface area contributed by atoms with Crippen LogP contribution in [0.2, 0.25) is 10.0 Å². The first-order valence-electron chi connectivity index (χ1n) is 5.61. The van der Waals surface area contributed by atoms with Crippen molar-refractivity contribution in [1.82, 2.24) is 10.2 Å². The molecule has 1 amide bonds. The van der Waals surface area contributed by atoms with E-state index < -0.39 is 0 Å². The fourth-order valence-electron chi connectivity index (χ4n) is 1.59. The summed E-state index contributed by atoms with van der Waals surface area (Å²) in [5, 5.41) is 9.82. The number of aromatic amines is 1. The molecule has 1 aromatic heterocycles. The molecule has 7 heteroatoms. The Morgan fingerprint density at radius 3 is 2.63 bits per heavy atom. The number of aryl methyl sites for hydroxylation is 1. The molecule has 0 bridgehead atoms. The van der Waals surface area contributed by atoms with Crippen molar-refractivity contribution in [1.29, 1.82) is 0 Å². The highest BCUT2D eigenvalue weighted by Crippen LogP contribution is 2.29. The lowest BCUT2D eigenvalue weighted by molar-refractivity contribution is 0.102. The Kier molecular flexibility index (Phi) is 3.97. The zero-order valence-corrected chi connectivity index (χ0v) is 11.6. The summed E-state index contributed by atoms with van der Waals surface area (Å²) >= 11 is 11.8. The molecule has 100 valence electrons. The van der Waals surface area contributed by atoms with Gasteiger partial charge in [-0.15, -0.1) is 0 Å². The van der Waals surface area contributed by atoms with Crippen LogP contribution in [-0.2, 0) is 6.42 Å². The van der Waals surface area contributed by atoms with Gasteiger partial charge in [0.05, 0.1) is 21.9 Å². The summed E-state index contributed by atoms with van der Waals surface area (Å²) in [6.07, 6.45) is 2.42. The van der Waals surface area contributed by atoms with Crippen LogP contribution in [0.1, 0.15) is 22.8 Å². The van der Waals surface area contributed by atoms with E-state index in [4.69, 9.17) is 28.9 Å². The summed E-state index contributed by atoms with van der Waals surface area (Å²) < 4.78 is 0. The van der Waals surface area contributed by atoms with Crippen molar-refractivity contribution in [2.24, 2.45) is 0 Å². The highest BCUT2D eigenvalue weighted by atomic mass is 35.5. The molecule has 0 saturated heterocycles. The van der Waals surface area contributed by atoms with Crippen molar-refractivity contribution in [3.8, 4) is 0 Å². The SMILES string of the molecule is CCc1cn[nH]c1NC(=O)c1cc(Cl)c(N)c(Cl)c1. The van der Waals surface area contributed by atoms with E-state index in [9.17, 15) is 4.79 Å². The van der Waals surface area contributed by atoms with Crippen LogP contribution in [0.5, 0.6) is 0 Å². The number of nitrogen functional groups attached to an aromatic ring is 1. The lowest BCUT2D eigenvalue weighted by atomic mass is 10.2. The zero-order chi connectivity index (χ0) is 14.0. The van der Waals surface area contributed by atoms with Crippen LogP contribution in [0.3, 0.4) is 0 Å². The quantitative estimate of drug-likeness (QED) is 0.761. The van der Waals surface area contributed by atoms with E-state index >= 15 is 0 Å². The lowest BCUT2D eigenvalue weighted by Crippen LogP contribution is -2.13. The van der Waals surface area contributed by atoms with Crippen LogP contribution in [0.25, 0.3) is 0 Å². The number of H-pyrrole nitrogens is 1. The molecule has 19 heavy (non-hydrogen) atoms. The van der Waals surface area contributed by atoms with Gasteiger partial charge in [0.2, 0.25) is 0 Å². The van der Waals surface area contributed by atoms with Crippen LogP contribution in [-0.4, -0.2) is 16.1 Å². The minimum Gasteiger partial charge on any atom is -0.396 e. The fraction of sp³-hybridized carbons (Fsp3) is 0.167. The Labute approximate surface area is 120 Å². The average molecular weight is 299 g/mol. The number of aromatic nitrogens is 2. The first-order chi connectivity index (χ1) is 9.02. The summed E-state index contributed by atoms with van der Waals surface area (Å²) in [7, 11) is 0. The highest BCUT2D eigenvalue weighted by Gasteiger charge is 2.13. The Balaban J connectivity index is 2.26. The number of benzene rings is 1. The van der Waals surface area contributed by atoms with Gasteiger partial charge < -0.3 is 11.1 Å². The smallest absolute Gasteiger partial charge is 0.256 e. The largest absolute Gasteiger partial charge is 0.396 e. The Morgan fingerprint density at radius 1 is 1.42 bits per heavy atom. The molecule has 0 aliphatic carbocycles. The van der Waals surface area contributed by atoms with Crippen LogP contribution < -0.4 is 11.1 Å². The predicted octanol–water partition coefficient (Wildman–Crippen LogP) is 3.11. The van der Waals surface area contributed by atoms with Crippen molar-refractivity contribution in [2.45, 2.75) is 13.3 Å². The van der Waals surface area contributed by atoms with E-state index in [0.717, 1.165) is 12.0 Å². The van der Waals surface area contributed by atoms with Crippen LogP contribution in [0.15, 0.2) is 18.3 Å². The number of carbonyl (C=O) groups is 1. The number of carbonyl (C=O) groups excluding carboxylic acids is 1. The molecule has 0 aliphatic heterocycles. The van der Waals surface area contributed by atoms with Crippen LogP contribution >= 0.6 is 23.2 Å². The summed E-state index contributed by atoms with van der Waals surface area (Å²) in [4.78, 5) is 12.1. The third-order valence-electron chi connectivity index (χ3n) is 2.68. The third kappa shape index (κ3) is 2.83. The Morgan fingerprint density at radius 2 is 2.05 bits per heavy atom. The van der Waals surface area contributed by atoms with Crippen molar-refractivity contribution >= 4 is 40.6 Å². The fourth-order valence-corrected chi connectivity index (χ4v) is 2.08. The second-order valence-corrected chi connectivity index (χ2v) is 4.75. The number of hydrogen-bond acceptors (Lipinski definition) is 3. The zero-order valence-electron chi connectivity index (χ0n) is 10.1. The van der Waals surface area contributed by atoms with E-state index in [-0.39, 0.29) is 21.6 Å². The molecule has 4 N–H and O–H groups in total. The normalized spacial score (nSPS) is 10.5. The summed E-state index contributed by atoms with van der Waals surface area (Å²) in [6.45, 7) is 1.97. The number of nitrogens with one attached hydrogen (secondary N) is 2. The van der Waals surface area contributed by atoms with Gasteiger partial charge >= 0.3 is 0 Å². The molecule has 0 unspecified atom stereocenters. The van der Waals surface area contributed by atoms with Crippen molar-refractivity contribution in [3.05, 3.63) is 39.5 Å². The number of halogens is 2. The van der Waals surface area contributed by atoms with Crippen molar-refractivity contribution < 1.29 is 4.79 Å². The molecular weight excluding hydrogens is 287 g/mol. The molecule has 0 aliphatic rings. The number of anilines is 2. The molecule has 0 radical (unpaired) electrons. The van der Waals surface area contributed by atoms with Gasteiger partial charge in [0.15, 0.2) is 0 Å². The number of nitrogens with zero attached hydrogens (tertiary/aromatic N) is 1. The third-order valence-corrected chi connectivity index (χ3v) is 3.30. The van der Waals surface area contributed by atoms with Gasteiger partial charge in [0.25, 0.3) is 5.91 Å². The standard InChI is InChI=1S/C12H12Cl2N4O/c1-2-6-5-16-18-11(6)17-12(19)7-3-8(13)10(15)9(14)4-7/h3-5H,2,15H2,1H3,(H2,16,17,18,19). The van der Waals surface area contributed by atoms with E-state index in [1.807, 2.05) is 6.92 Å². The number of amides is 1. The van der Waals surface area contributed by atoms with Gasteiger partial charge in [-0.3, -0.25) is 9.89 Å². The molecule has 1 aromatic carbocycles. The summed E-state index contributed by atoms with van der Waals surface area (Å²) in [5.74, 6) is 0.235. The molecule has 0 saturated carbocycles. The molecule has 2 aromatic rings. The van der Waals surface area contributed by atoms with Gasteiger partial charge in [-0.05, 0) is 18.6 Å². The van der Waals surface area contributed by atoms with Gasteiger partial charge in [0, 0.05) is 11.1 Å². The summed E-state index contributed by atoms with van der Waals surface area (Å²) in [5.41, 5.74) is 7.13. The molecule has 2 rings (SSSR count). The molecule has 5 nitrogen and oxygen atoms in total.